The van der Waals surface area contributed by atoms with Gasteiger partial charge in [0.15, 0.2) is 5.82 Å². The van der Waals surface area contributed by atoms with Crippen LogP contribution in [0.25, 0.3) is 5.69 Å². The maximum atomic E-state index is 13.9. The Kier molecular flexibility index (Phi) is 5.72. The van der Waals surface area contributed by atoms with Gasteiger partial charge in [-0.25, -0.2) is 13.8 Å². The molecule has 1 unspecified atom stereocenters. The van der Waals surface area contributed by atoms with Crippen LogP contribution < -0.4 is 10.3 Å². The van der Waals surface area contributed by atoms with Gasteiger partial charge in [0.25, 0.3) is 5.56 Å². The van der Waals surface area contributed by atoms with E-state index in [-0.39, 0.29) is 21.6 Å². The van der Waals surface area contributed by atoms with Crippen molar-refractivity contribution in [2.24, 2.45) is 0 Å². The smallest absolute Gasteiger partial charge is 0.277 e. The fraction of sp³-hybridized carbons (Fsp3) is 0.167. The average molecular weight is 422 g/mol. The zero-order valence-corrected chi connectivity index (χ0v) is 16.2. The van der Waals surface area contributed by atoms with Gasteiger partial charge in [-0.2, -0.15) is 0 Å². The molecule has 0 saturated heterocycles. The van der Waals surface area contributed by atoms with E-state index >= 15 is 0 Å². The fourth-order valence-electron chi connectivity index (χ4n) is 2.62. The summed E-state index contributed by atoms with van der Waals surface area (Å²) in [5.74, 6) is -1.89. The Labute approximate surface area is 170 Å². The van der Waals surface area contributed by atoms with E-state index in [1.165, 1.54) is 22.9 Å². The maximum absolute atomic E-state index is 13.9. The molecule has 0 amide bonds. The summed E-state index contributed by atoms with van der Waals surface area (Å²) in [5, 5.41) is -0.0564. The van der Waals surface area contributed by atoms with Crippen LogP contribution in [0.1, 0.15) is 23.0 Å². The van der Waals surface area contributed by atoms with Crippen LogP contribution in [0.2, 0.25) is 10.2 Å². The third-order valence-electron chi connectivity index (χ3n) is 3.94. The number of rotatable bonds is 4. The molecular weight excluding hydrogens is 410 g/mol. The lowest BCUT2D eigenvalue weighted by Gasteiger charge is -2.19. The number of hydrogen-bond acceptors (Lipinski definition) is 4. The first kappa shape index (κ1) is 20.3. The average Bonchev–Trinajstić information content (AvgIpc) is 2.62. The van der Waals surface area contributed by atoms with Crippen LogP contribution in [0.5, 0.6) is 5.75 Å². The molecule has 0 fully saturated rings. The molecule has 0 saturated carbocycles. The van der Waals surface area contributed by atoms with E-state index in [0.29, 0.717) is 23.0 Å². The van der Waals surface area contributed by atoms with Gasteiger partial charge in [0.05, 0.1) is 17.9 Å². The summed E-state index contributed by atoms with van der Waals surface area (Å²) < 4.78 is 33.6. The summed E-state index contributed by atoms with van der Waals surface area (Å²) >= 11 is 12.1. The Bertz CT molecular complexity index is 1120. The SMILES string of the molecule is [B]C(Oc1cc(C)n(-c2cc(Cl)ncc2C)c(=O)c1Cl)c1ncc(F)cc1F. The Balaban J connectivity index is 2.03. The minimum atomic E-state index is -1.40. The van der Waals surface area contributed by atoms with Crippen LogP contribution >= 0.6 is 23.2 Å². The lowest BCUT2D eigenvalue weighted by Crippen LogP contribution is -2.23. The van der Waals surface area contributed by atoms with Crippen LogP contribution in [0.15, 0.2) is 35.4 Å². The number of pyridine rings is 3. The molecule has 3 rings (SSSR count). The molecule has 0 aliphatic rings. The first-order valence-corrected chi connectivity index (χ1v) is 8.72. The van der Waals surface area contributed by atoms with Crippen molar-refractivity contribution in [2.45, 2.75) is 19.9 Å². The van der Waals surface area contributed by atoms with Crippen molar-refractivity contribution in [1.29, 1.82) is 0 Å². The van der Waals surface area contributed by atoms with Crippen LogP contribution in [0.4, 0.5) is 8.78 Å². The second-order valence-corrected chi connectivity index (χ2v) is 6.72. The molecule has 2 radical (unpaired) electrons. The molecule has 142 valence electrons. The topological polar surface area (TPSA) is 57.0 Å². The van der Waals surface area contributed by atoms with E-state index in [9.17, 15) is 13.6 Å². The molecule has 1 atom stereocenters. The Hall–Kier alpha value is -2.45. The normalized spacial score (nSPS) is 12.1. The van der Waals surface area contributed by atoms with Crippen molar-refractivity contribution in [3.63, 3.8) is 0 Å². The third kappa shape index (κ3) is 3.88. The lowest BCUT2D eigenvalue weighted by atomic mass is 9.95. The summed E-state index contributed by atoms with van der Waals surface area (Å²) in [4.78, 5) is 20.4. The second kappa shape index (κ2) is 7.89. The standard InChI is InChI=1S/C18H12BCl2F2N3O2/c1-8-6-24-14(20)5-12(8)26-9(2)3-13(15(21)18(26)27)28-17(19)16-11(23)4-10(22)7-25-16/h3-7,17H,1-2H3. The van der Waals surface area contributed by atoms with Gasteiger partial charge in [0.1, 0.15) is 35.3 Å². The molecule has 3 aromatic heterocycles. The Morgan fingerprint density at radius 3 is 2.54 bits per heavy atom. The highest BCUT2D eigenvalue weighted by molar-refractivity contribution is 6.32. The van der Waals surface area contributed by atoms with Gasteiger partial charge < -0.3 is 4.74 Å². The van der Waals surface area contributed by atoms with Crippen molar-refractivity contribution in [3.05, 3.63) is 79.7 Å². The lowest BCUT2D eigenvalue weighted by molar-refractivity contribution is 0.274. The quantitative estimate of drug-likeness (QED) is 0.470. The van der Waals surface area contributed by atoms with E-state index in [2.05, 4.69) is 9.97 Å². The van der Waals surface area contributed by atoms with E-state index in [4.69, 9.17) is 35.8 Å². The van der Waals surface area contributed by atoms with Gasteiger partial charge in [0, 0.05) is 24.0 Å². The minimum Gasteiger partial charge on any atom is -0.492 e. The maximum Gasteiger partial charge on any atom is 0.277 e. The molecule has 0 bridgehead atoms. The largest absolute Gasteiger partial charge is 0.492 e. The van der Waals surface area contributed by atoms with E-state index in [1.54, 1.807) is 13.8 Å². The summed E-state index contributed by atoms with van der Waals surface area (Å²) in [5.41, 5.74) is 0.771. The first-order valence-electron chi connectivity index (χ1n) is 7.97. The van der Waals surface area contributed by atoms with Crippen LogP contribution in [-0.2, 0) is 0 Å². The van der Waals surface area contributed by atoms with Crippen molar-refractivity contribution in [1.82, 2.24) is 14.5 Å². The third-order valence-corrected chi connectivity index (χ3v) is 4.50. The summed E-state index contributed by atoms with van der Waals surface area (Å²) in [7, 11) is 5.80. The number of ether oxygens (including phenoxy) is 1. The summed E-state index contributed by atoms with van der Waals surface area (Å²) in [6.07, 6.45) is 2.34. The van der Waals surface area contributed by atoms with Gasteiger partial charge in [-0.3, -0.25) is 14.3 Å². The number of nitrogens with zero attached hydrogens (tertiary/aromatic N) is 3. The van der Waals surface area contributed by atoms with Crippen LogP contribution in [0.3, 0.4) is 0 Å². The Morgan fingerprint density at radius 1 is 1.14 bits per heavy atom. The first-order chi connectivity index (χ1) is 13.2. The molecule has 3 aromatic rings. The zero-order chi connectivity index (χ0) is 20.6. The Morgan fingerprint density at radius 2 is 1.86 bits per heavy atom. The van der Waals surface area contributed by atoms with Gasteiger partial charge in [-0.15, -0.1) is 0 Å². The molecule has 0 spiro atoms. The second-order valence-electron chi connectivity index (χ2n) is 5.96. The molecule has 0 aliphatic carbocycles. The fourth-order valence-corrected chi connectivity index (χ4v) is 2.96. The number of halogens is 4. The highest BCUT2D eigenvalue weighted by Gasteiger charge is 2.20. The molecule has 0 aromatic carbocycles. The molecule has 0 N–H and O–H groups in total. The van der Waals surface area contributed by atoms with E-state index in [0.717, 1.165) is 6.20 Å². The number of aromatic nitrogens is 3. The van der Waals surface area contributed by atoms with E-state index < -0.39 is 23.2 Å². The van der Waals surface area contributed by atoms with Gasteiger partial charge in [-0.1, -0.05) is 23.2 Å². The minimum absolute atomic E-state index is 0.0590. The molecule has 3 heterocycles. The summed E-state index contributed by atoms with van der Waals surface area (Å²) in [6.45, 7) is 3.42. The number of hydrogen-bond donors (Lipinski definition) is 0. The zero-order valence-electron chi connectivity index (χ0n) is 14.7. The van der Waals surface area contributed by atoms with Crippen molar-refractivity contribution in [2.75, 3.05) is 0 Å². The van der Waals surface area contributed by atoms with Gasteiger partial charge >= 0.3 is 0 Å². The number of aryl methyl sites for hydroxylation is 2. The van der Waals surface area contributed by atoms with Crippen molar-refractivity contribution >= 4 is 31.0 Å². The monoisotopic (exact) mass is 421 g/mol. The van der Waals surface area contributed by atoms with Crippen LogP contribution in [0, 0.1) is 25.5 Å². The van der Waals surface area contributed by atoms with E-state index in [1.807, 2.05) is 0 Å². The molecule has 28 heavy (non-hydrogen) atoms. The highest BCUT2D eigenvalue weighted by Crippen LogP contribution is 2.28. The molecule has 0 aliphatic heterocycles. The molecule has 5 nitrogen and oxygen atoms in total. The van der Waals surface area contributed by atoms with Crippen molar-refractivity contribution in [3.8, 4) is 11.4 Å². The van der Waals surface area contributed by atoms with Gasteiger partial charge in [0.2, 0.25) is 0 Å². The predicted molar refractivity (Wildman–Crippen MR) is 103 cm³/mol. The predicted octanol–water partition coefficient (Wildman–Crippen LogP) is 4.08. The van der Waals surface area contributed by atoms with Gasteiger partial charge in [-0.05, 0) is 25.5 Å². The van der Waals surface area contributed by atoms with Crippen molar-refractivity contribution < 1.29 is 13.5 Å². The molecule has 10 heteroatoms. The van der Waals surface area contributed by atoms with Crippen LogP contribution in [-0.4, -0.2) is 22.4 Å². The molecular formula is C18H12BCl2F2N3O2. The summed E-state index contributed by atoms with van der Waals surface area (Å²) in [6, 6.07) is 2.24. The highest BCUT2D eigenvalue weighted by atomic mass is 35.5.